The van der Waals surface area contributed by atoms with E-state index in [0.717, 1.165) is 0 Å². The topological polar surface area (TPSA) is 78.4 Å². The van der Waals surface area contributed by atoms with Crippen molar-refractivity contribution in [2.24, 2.45) is 0 Å². The number of urea groups is 1. The normalized spacial score (nSPS) is 21.9. The summed E-state index contributed by atoms with van der Waals surface area (Å²) in [5.74, 6) is -0.0406. The maximum absolute atomic E-state index is 11.6. The van der Waals surface area contributed by atoms with Gasteiger partial charge in [-0.2, -0.15) is 0 Å². The van der Waals surface area contributed by atoms with Gasteiger partial charge in [0.25, 0.3) is 0 Å². The van der Waals surface area contributed by atoms with E-state index in [9.17, 15) is 9.59 Å². The van der Waals surface area contributed by atoms with Crippen LogP contribution in [0.5, 0.6) is 0 Å². The molecule has 3 N–H and O–H groups in total. The summed E-state index contributed by atoms with van der Waals surface area (Å²) in [6.45, 7) is 1.48. The van der Waals surface area contributed by atoms with Crippen molar-refractivity contribution in [2.75, 3.05) is 5.32 Å². The summed E-state index contributed by atoms with van der Waals surface area (Å²) in [5, 5.41) is 14.5. The van der Waals surface area contributed by atoms with E-state index in [2.05, 4.69) is 10.6 Å². The van der Waals surface area contributed by atoms with Gasteiger partial charge in [0.05, 0.1) is 6.10 Å². The van der Waals surface area contributed by atoms with Gasteiger partial charge in [0, 0.05) is 17.3 Å². The Morgan fingerprint density at radius 1 is 1.33 bits per heavy atom. The predicted molar refractivity (Wildman–Crippen MR) is 67.6 cm³/mol. The number of aliphatic hydroxyl groups is 1. The molecule has 1 aromatic rings. The smallest absolute Gasteiger partial charge is 0.319 e. The van der Waals surface area contributed by atoms with E-state index < -0.39 is 0 Å². The zero-order valence-electron chi connectivity index (χ0n) is 10.1. The van der Waals surface area contributed by atoms with E-state index in [1.54, 1.807) is 24.3 Å². The summed E-state index contributed by atoms with van der Waals surface area (Å²) in [5.41, 5.74) is 1.15. The maximum Gasteiger partial charge on any atom is 0.319 e. The Labute approximate surface area is 105 Å². The molecule has 0 atom stereocenters. The average molecular weight is 248 g/mol. The molecule has 0 aromatic heterocycles. The molecule has 0 aliphatic heterocycles. The highest BCUT2D eigenvalue weighted by Gasteiger charge is 2.28. The van der Waals surface area contributed by atoms with Gasteiger partial charge in [-0.05, 0) is 31.9 Å². The third-order valence-electron chi connectivity index (χ3n) is 2.98. The Balaban J connectivity index is 1.90. The first-order valence-corrected chi connectivity index (χ1v) is 5.91. The highest BCUT2D eigenvalue weighted by Crippen LogP contribution is 2.19. The maximum atomic E-state index is 11.6. The molecule has 1 aromatic carbocycles. The van der Waals surface area contributed by atoms with Crippen molar-refractivity contribution in [3.8, 4) is 0 Å². The Morgan fingerprint density at radius 3 is 2.67 bits per heavy atom. The van der Waals surface area contributed by atoms with Crippen LogP contribution in [0.1, 0.15) is 30.1 Å². The van der Waals surface area contributed by atoms with E-state index in [1.165, 1.54) is 6.92 Å². The van der Waals surface area contributed by atoms with Crippen LogP contribution in [0.3, 0.4) is 0 Å². The molecule has 1 saturated carbocycles. The van der Waals surface area contributed by atoms with Crippen molar-refractivity contribution >= 4 is 17.5 Å². The van der Waals surface area contributed by atoms with Crippen LogP contribution in [0.4, 0.5) is 10.5 Å². The third kappa shape index (κ3) is 3.07. The number of ketones is 1. The molecule has 0 radical (unpaired) electrons. The van der Waals surface area contributed by atoms with Crippen LogP contribution >= 0.6 is 0 Å². The number of benzene rings is 1. The van der Waals surface area contributed by atoms with Gasteiger partial charge in [0.15, 0.2) is 5.78 Å². The molecule has 0 saturated heterocycles. The summed E-state index contributed by atoms with van der Waals surface area (Å²) in [4.78, 5) is 22.8. The van der Waals surface area contributed by atoms with E-state index in [0.29, 0.717) is 24.1 Å². The number of rotatable bonds is 3. The lowest BCUT2D eigenvalue weighted by Gasteiger charge is -2.31. The van der Waals surface area contributed by atoms with Gasteiger partial charge in [-0.15, -0.1) is 0 Å². The molecular formula is C13H16N2O3. The van der Waals surface area contributed by atoms with Gasteiger partial charge in [0.2, 0.25) is 0 Å². The minimum atomic E-state index is -0.312. The summed E-state index contributed by atoms with van der Waals surface area (Å²) in [6, 6.07) is 6.51. The van der Waals surface area contributed by atoms with Crippen molar-refractivity contribution < 1.29 is 14.7 Å². The zero-order chi connectivity index (χ0) is 13.1. The second kappa shape index (κ2) is 5.18. The molecule has 0 heterocycles. The van der Waals surface area contributed by atoms with Gasteiger partial charge in [-0.3, -0.25) is 4.79 Å². The summed E-state index contributed by atoms with van der Waals surface area (Å²) < 4.78 is 0. The lowest BCUT2D eigenvalue weighted by molar-refractivity contribution is 0.0671. The van der Waals surface area contributed by atoms with E-state index in [1.807, 2.05) is 0 Å². The summed E-state index contributed by atoms with van der Waals surface area (Å²) >= 11 is 0. The number of anilines is 1. The lowest BCUT2D eigenvalue weighted by Crippen LogP contribution is -2.48. The molecule has 5 nitrogen and oxygen atoms in total. The molecule has 0 spiro atoms. The van der Waals surface area contributed by atoms with Gasteiger partial charge < -0.3 is 15.7 Å². The Hall–Kier alpha value is -1.88. The van der Waals surface area contributed by atoms with Gasteiger partial charge >= 0.3 is 6.03 Å². The zero-order valence-corrected chi connectivity index (χ0v) is 10.1. The SMILES string of the molecule is CC(=O)c1cccc(NC(=O)NC2CC(O)C2)c1. The Bertz CT molecular complexity index is 467. The Kier molecular flexibility index (Phi) is 3.62. The second-order valence-electron chi connectivity index (χ2n) is 4.56. The number of carbonyl (C=O) groups excluding carboxylic acids is 2. The van der Waals surface area contributed by atoms with Crippen molar-refractivity contribution in [2.45, 2.75) is 31.9 Å². The van der Waals surface area contributed by atoms with Crippen LogP contribution in [0.25, 0.3) is 0 Å². The number of hydrogen-bond donors (Lipinski definition) is 3. The molecule has 0 bridgehead atoms. The fourth-order valence-electron chi connectivity index (χ4n) is 1.87. The van der Waals surface area contributed by atoms with Crippen LogP contribution in [0.2, 0.25) is 0 Å². The Morgan fingerprint density at radius 2 is 2.06 bits per heavy atom. The van der Waals surface area contributed by atoms with Gasteiger partial charge in [0.1, 0.15) is 0 Å². The lowest BCUT2D eigenvalue weighted by atomic mass is 9.90. The van der Waals surface area contributed by atoms with Gasteiger partial charge in [-0.1, -0.05) is 12.1 Å². The number of carbonyl (C=O) groups is 2. The van der Waals surface area contributed by atoms with Crippen molar-refractivity contribution in [1.82, 2.24) is 5.32 Å². The van der Waals surface area contributed by atoms with E-state index >= 15 is 0 Å². The largest absolute Gasteiger partial charge is 0.393 e. The number of nitrogens with one attached hydrogen (secondary N) is 2. The number of hydrogen-bond acceptors (Lipinski definition) is 3. The van der Waals surface area contributed by atoms with Crippen molar-refractivity contribution in [3.63, 3.8) is 0 Å². The monoisotopic (exact) mass is 248 g/mol. The highest BCUT2D eigenvalue weighted by molar-refractivity contribution is 5.96. The standard InChI is InChI=1S/C13H16N2O3/c1-8(16)9-3-2-4-10(5-9)14-13(18)15-11-6-12(17)7-11/h2-5,11-12,17H,6-7H2,1H3,(H2,14,15,18). The minimum absolute atomic E-state index is 0.0380. The number of aliphatic hydroxyl groups excluding tert-OH is 1. The molecule has 1 fully saturated rings. The molecule has 1 aliphatic rings. The summed E-state index contributed by atoms with van der Waals surface area (Å²) in [7, 11) is 0. The minimum Gasteiger partial charge on any atom is -0.393 e. The van der Waals surface area contributed by atoms with Crippen LogP contribution < -0.4 is 10.6 Å². The fourth-order valence-corrected chi connectivity index (χ4v) is 1.87. The highest BCUT2D eigenvalue weighted by atomic mass is 16.3. The third-order valence-corrected chi connectivity index (χ3v) is 2.98. The van der Waals surface area contributed by atoms with Crippen LogP contribution in [0, 0.1) is 0 Å². The first-order valence-electron chi connectivity index (χ1n) is 5.91. The van der Waals surface area contributed by atoms with E-state index in [-0.39, 0.29) is 24.0 Å². The first kappa shape index (κ1) is 12.6. The second-order valence-corrected chi connectivity index (χ2v) is 4.56. The molecule has 0 unspecified atom stereocenters. The van der Waals surface area contributed by atoms with Crippen LogP contribution in [-0.4, -0.2) is 29.1 Å². The first-order chi connectivity index (χ1) is 8.54. The average Bonchev–Trinajstić information content (AvgIpc) is 2.27. The number of Topliss-reactive ketones (excluding diaryl/α,β-unsaturated/α-hetero) is 1. The van der Waals surface area contributed by atoms with Crippen LogP contribution in [0.15, 0.2) is 24.3 Å². The van der Waals surface area contributed by atoms with Crippen LogP contribution in [-0.2, 0) is 0 Å². The molecule has 5 heteroatoms. The fraction of sp³-hybridized carbons (Fsp3) is 0.385. The number of amides is 2. The molecule has 2 amide bonds. The molecule has 1 aliphatic carbocycles. The summed E-state index contributed by atoms with van der Waals surface area (Å²) in [6.07, 6.45) is 0.901. The predicted octanol–water partition coefficient (Wildman–Crippen LogP) is 1.53. The molecule has 18 heavy (non-hydrogen) atoms. The quantitative estimate of drug-likeness (QED) is 0.710. The van der Waals surface area contributed by atoms with E-state index in [4.69, 9.17) is 5.11 Å². The molecule has 2 rings (SSSR count). The molecular weight excluding hydrogens is 232 g/mol. The molecule has 96 valence electrons. The van der Waals surface area contributed by atoms with Crippen molar-refractivity contribution in [1.29, 1.82) is 0 Å². The van der Waals surface area contributed by atoms with Crippen molar-refractivity contribution in [3.05, 3.63) is 29.8 Å². The van der Waals surface area contributed by atoms with Gasteiger partial charge in [-0.25, -0.2) is 4.79 Å².